The van der Waals surface area contributed by atoms with Crippen molar-refractivity contribution >= 4 is 17.8 Å². The van der Waals surface area contributed by atoms with Crippen molar-refractivity contribution in [2.24, 2.45) is 11.3 Å². The second-order valence-corrected chi connectivity index (χ2v) is 13.9. The summed E-state index contributed by atoms with van der Waals surface area (Å²) in [5, 5.41) is 6.48. The maximum absolute atomic E-state index is 14.4. The smallest absolute Gasteiger partial charge is 0.318 e. The molecule has 1 aromatic rings. The molecule has 9 heteroatoms. The lowest BCUT2D eigenvalue weighted by molar-refractivity contribution is -0.157. The standard InChI is InChI=1S/C34H54FN5O3/c1-23(2)40(24(3)4)32(42)34(28-10-8-7-9-11-28)16-18-38(19-17-34)31(41)30(20-27-12-14-29(35)15-13-27)37-33(43)39-21-25(5)36-26(6)22-39/h12-15,23-26,28,30,36H,7-11,16-22H2,1-6H3,(H,37,43)/t25?,26?,30-/m1/s1. The van der Waals surface area contributed by atoms with Gasteiger partial charge >= 0.3 is 6.03 Å². The van der Waals surface area contributed by atoms with Gasteiger partial charge in [0, 0.05) is 56.8 Å². The number of amides is 4. The number of carbonyl (C=O) groups excluding carboxylic acids is 3. The summed E-state index contributed by atoms with van der Waals surface area (Å²) in [5.74, 6) is 0.103. The Morgan fingerprint density at radius 1 is 0.930 bits per heavy atom. The first-order chi connectivity index (χ1) is 20.4. The largest absolute Gasteiger partial charge is 0.341 e. The van der Waals surface area contributed by atoms with E-state index in [0.717, 1.165) is 31.2 Å². The van der Waals surface area contributed by atoms with E-state index in [1.165, 1.54) is 18.6 Å². The van der Waals surface area contributed by atoms with E-state index in [1.54, 1.807) is 17.0 Å². The SMILES string of the molecule is CC1CN(C(=O)N[C@H](Cc2ccc(F)cc2)C(=O)N2CCC(C(=O)N(C(C)C)C(C)C)(C3CCCCC3)CC2)CC(C)N1. The van der Waals surface area contributed by atoms with Gasteiger partial charge < -0.3 is 25.3 Å². The summed E-state index contributed by atoms with van der Waals surface area (Å²) < 4.78 is 13.7. The molecular weight excluding hydrogens is 545 g/mol. The molecule has 2 aliphatic heterocycles. The van der Waals surface area contributed by atoms with Gasteiger partial charge in [-0.1, -0.05) is 31.4 Å². The molecule has 43 heavy (non-hydrogen) atoms. The van der Waals surface area contributed by atoms with Crippen LogP contribution in [0.5, 0.6) is 0 Å². The molecule has 4 amide bonds. The third kappa shape index (κ3) is 7.89. The fourth-order valence-electron chi connectivity index (χ4n) is 7.91. The molecule has 4 rings (SSSR count). The highest BCUT2D eigenvalue weighted by Gasteiger charge is 2.50. The number of nitrogens with zero attached hydrogens (tertiary/aromatic N) is 3. The topological polar surface area (TPSA) is 85.0 Å². The lowest BCUT2D eigenvalue weighted by Gasteiger charge is -2.50. The number of likely N-dealkylation sites (tertiary alicyclic amines) is 1. The van der Waals surface area contributed by atoms with E-state index in [1.807, 2.05) is 18.7 Å². The Morgan fingerprint density at radius 3 is 2.02 bits per heavy atom. The van der Waals surface area contributed by atoms with Crippen LogP contribution in [0.3, 0.4) is 0 Å². The Morgan fingerprint density at radius 2 is 1.49 bits per heavy atom. The van der Waals surface area contributed by atoms with E-state index in [2.05, 4.69) is 43.2 Å². The van der Waals surface area contributed by atoms with Gasteiger partial charge in [-0.2, -0.15) is 0 Å². The maximum Gasteiger partial charge on any atom is 0.318 e. The van der Waals surface area contributed by atoms with Crippen molar-refractivity contribution in [2.75, 3.05) is 26.2 Å². The number of benzene rings is 1. The minimum atomic E-state index is -0.779. The minimum absolute atomic E-state index is 0.110. The van der Waals surface area contributed by atoms with E-state index >= 15 is 0 Å². The zero-order valence-corrected chi connectivity index (χ0v) is 27.2. The molecule has 2 heterocycles. The number of carbonyl (C=O) groups is 3. The van der Waals surface area contributed by atoms with Crippen LogP contribution in [0.4, 0.5) is 9.18 Å². The number of hydrogen-bond acceptors (Lipinski definition) is 4. The van der Waals surface area contributed by atoms with Crippen LogP contribution in [0.15, 0.2) is 24.3 Å². The average Bonchev–Trinajstić information content (AvgIpc) is 2.97. The molecular formula is C34H54FN5O3. The maximum atomic E-state index is 14.4. The van der Waals surface area contributed by atoms with Gasteiger partial charge in [0.25, 0.3) is 0 Å². The van der Waals surface area contributed by atoms with E-state index in [9.17, 15) is 18.8 Å². The van der Waals surface area contributed by atoms with Crippen molar-refractivity contribution in [3.8, 4) is 0 Å². The first kappa shape index (κ1) is 33.2. The predicted octanol–water partition coefficient (Wildman–Crippen LogP) is 4.96. The van der Waals surface area contributed by atoms with Gasteiger partial charge in [-0.3, -0.25) is 9.59 Å². The third-order valence-electron chi connectivity index (χ3n) is 9.92. The van der Waals surface area contributed by atoms with Crippen LogP contribution in [0, 0.1) is 17.2 Å². The quantitative estimate of drug-likeness (QED) is 0.442. The van der Waals surface area contributed by atoms with Gasteiger partial charge in [0.05, 0.1) is 5.41 Å². The molecule has 0 radical (unpaired) electrons. The molecule has 0 aromatic heterocycles. The minimum Gasteiger partial charge on any atom is -0.341 e. The van der Waals surface area contributed by atoms with E-state index in [4.69, 9.17) is 0 Å². The number of hydrogen-bond donors (Lipinski definition) is 2. The summed E-state index contributed by atoms with van der Waals surface area (Å²) >= 11 is 0. The molecule has 2 unspecified atom stereocenters. The summed E-state index contributed by atoms with van der Waals surface area (Å²) in [6.45, 7) is 14.6. The molecule has 0 spiro atoms. The Labute approximate surface area is 258 Å². The highest BCUT2D eigenvalue weighted by Crippen LogP contribution is 2.47. The first-order valence-corrected chi connectivity index (χ1v) is 16.6. The van der Waals surface area contributed by atoms with Gasteiger partial charge in [0.2, 0.25) is 11.8 Å². The van der Waals surface area contributed by atoms with Crippen LogP contribution in [0.1, 0.15) is 92.1 Å². The summed E-state index contributed by atoms with van der Waals surface area (Å²) in [4.78, 5) is 47.6. The van der Waals surface area contributed by atoms with Crippen LogP contribution in [0.2, 0.25) is 0 Å². The van der Waals surface area contributed by atoms with E-state index in [0.29, 0.717) is 44.9 Å². The molecule has 1 aliphatic carbocycles. The molecule has 3 fully saturated rings. The second kappa shape index (κ2) is 14.4. The van der Waals surface area contributed by atoms with Crippen molar-refractivity contribution in [1.82, 2.24) is 25.3 Å². The molecule has 3 atom stereocenters. The van der Waals surface area contributed by atoms with Crippen molar-refractivity contribution in [3.63, 3.8) is 0 Å². The number of halogens is 1. The number of piperazine rings is 1. The second-order valence-electron chi connectivity index (χ2n) is 13.9. The van der Waals surface area contributed by atoms with Gasteiger partial charge in [0.1, 0.15) is 11.9 Å². The Kier molecular flexibility index (Phi) is 11.1. The Bertz CT molecular complexity index is 1080. The van der Waals surface area contributed by atoms with Gasteiger partial charge in [0.15, 0.2) is 0 Å². The van der Waals surface area contributed by atoms with Crippen molar-refractivity contribution in [2.45, 2.75) is 123 Å². The van der Waals surface area contributed by atoms with E-state index in [-0.39, 0.29) is 54.3 Å². The monoisotopic (exact) mass is 599 g/mol. The normalized spacial score (nSPS) is 23.7. The number of nitrogens with one attached hydrogen (secondary N) is 2. The summed E-state index contributed by atoms with van der Waals surface area (Å²) in [6.07, 6.45) is 7.22. The average molecular weight is 600 g/mol. The molecule has 2 saturated heterocycles. The molecule has 2 N–H and O–H groups in total. The lowest BCUT2D eigenvalue weighted by atomic mass is 9.62. The Hall–Kier alpha value is -2.68. The van der Waals surface area contributed by atoms with Gasteiger partial charge in [-0.25, -0.2) is 9.18 Å². The number of urea groups is 1. The molecule has 1 saturated carbocycles. The predicted molar refractivity (Wildman–Crippen MR) is 168 cm³/mol. The highest BCUT2D eigenvalue weighted by molar-refractivity contribution is 5.88. The van der Waals surface area contributed by atoms with Gasteiger partial charge in [-0.05, 0) is 90.8 Å². The third-order valence-corrected chi connectivity index (χ3v) is 9.92. The molecule has 1 aromatic carbocycles. The van der Waals surface area contributed by atoms with Crippen molar-refractivity contribution < 1.29 is 18.8 Å². The lowest BCUT2D eigenvalue weighted by Crippen LogP contribution is -2.62. The van der Waals surface area contributed by atoms with Crippen molar-refractivity contribution in [1.29, 1.82) is 0 Å². The Balaban J connectivity index is 1.54. The summed E-state index contributed by atoms with van der Waals surface area (Å²) in [7, 11) is 0. The molecule has 0 bridgehead atoms. The zero-order chi connectivity index (χ0) is 31.3. The molecule has 8 nitrogen and oxygen atoms in total. The number of piperidine rings is 1. The fraction of sp³-hybridized carbons (Fsp3) is 0.735. The summed E-state index contributed by atoms with van der Waals surface area (Å²) in [5.41, 5.74) is 0.324. The summed E-state index contributed by atoms with van der Waals surface area (Å²) in [6, 6.07) is 5.62. The highest BCUT2D eigenvalue weighted by atomic mass is 19.1. The zero-order valence-electron chi connectivity index (χ0n) is 27.2. The van der Waals surface area contributed by atoms with Crippen LogP contribution >= 0.6 is 0 Å². The van der Waals surface area contributed by atoms with Crippen LogP contribution in [0.25, 0.3) is 0 Å². The first-order valence-electron chi connectivity index (χ1n) is 16.6. The van der Waals surface area contributed by atoms with Gasteiger partial charge in [-0.15, -0.1) is 0 Å². The van der Waals surface area contributed by atoms with Crippen LogP contribution < -0.4 is 10.6 Å². The van der Waals surface area contributed by atoms with Crippen LogP contribution in [-0.4, -0.2) is 88.9 Å². The number of rotatable bonds is 8. The fourth-order valence-corrected chi connectivity index (χ4v) is 7.91. The molecule has 3 aliphatic rings. The van der Waals surface area contributed by atoms with Crippen LogP contribution in [-0.2, 0) is 16.0 Å². The van der Waals surface area contributed by atoms with E-state index < -0.39 is 11.5 Å². The molecule has 240 valence electrons. The van der Waals surface area contributed by atoms with Crippen molar-refractivity contribution in [3.05, 3.63) is 35.6 Å².